The van der Waals surface area contributed by atoms with Crippen molar-refractivity contribution in [2.75, 3.05) is 6.61 Å². The Bertz CT molecular complexity index is 300. The summed E-state index contributed by atoms with van der Waals surface area (Å²) in [6.07, 6.45) is 0. The highest BCUT2D eigenvalue weighted by molar-refractivity contribution is 9.10. The van der Waals surface area contributed by atoms with Gasteiger partial charge in [-0.05, 0) is 13.8 Å². The van der Waals surface area contributed by atoms with Crippen LogP contribution in [0.2, 0.25) is 0 Å². The van der Waals surface area contributed by atoms with Gasteiger partial charge in [0.25, 0.3) is 0 Å². The molecule has 2 nitrogen and oxygen atoms in total. The first-order valence-electron chi connectivity index (χ1n) is 4.40. The fourth-order valence-corrected chi connectivity index (χ4v) is 0.887. The SMILES string of the molecule is CC(=O)c1ccccc1.CC1(Br)CO1. The Morgan fingerprint density at radius 2 is 1.86 bits per heavy atom. The summed E-state index contributed by atoms with van der Waals surface area (Å²) in [6, 6.07) is 9.23. The second-order valence-electron chi connectivity index (χ2n) is 3.31. The van der Waals surface area contributed by atoms with Gasteiger partial charge < -0.3 is 4.74 Å². The van der Waals surface area contributed by atoms with Gasteiger partial charge in [0.2, 0.25) is 0 Å². The van der Waals surface area contributed by atoms with Gasteiger partial charge >= 0.3 is 0 Å². The maximum atomic E-state index is 10.6. The summed E-state index contributed by atoms with van der Waals surface area (Å²) in [5.41, 5.74) is 0.775. The van der Waals surface area contributed by atoms with E-state index >= 15 is 0 Å². The van der Waals surface area contributed by atoms with E-state index in [0.717, 1.165) is 12.2 Å². The Labute approximate surface area is 92.4 Å². The standard InChI is InChI=1S/C8H8O.C3H5BrO/c1-7(9)8-5-3-2-4-6-8;1-3(4)2-5-3/h2-6H,1H3;2H2,1H3. The number of alkyl halides is 1. The predicted octanol–water partition coefficient (Wildman–Crippen LogP) is 3.02. The lowest BCUT2D eigenvalue weighted by Crippen LogP contribution is -1.88. The fraction of sp³-hybridized carbons (Fsp3) is 0.364. The highest BCUT2D eigenvalue weighted by atomic mass is 79.9. The van der Waals surface area contributed by atoms with Crippen molar-refractivity contribution in [1.82, 2.24) is 0 Å². The fourth-order valence-electron chi connectivity index (χ4n) is 0.772. The summed E-state index contributed by atoms with van der Waals surface area (Å²) >= 11 is 3.26. The molecular formula is C11H13BrO2. The third-order valence-electron chi connectivity index (χ3n) is 1.72. The van der Waals surface area contributed by atoms with Gasteiger partial charge in [0.05, 0.1) is 6.61 Å². The topological polar surface area (TPSA) is 29.6 Å². The number of epoxide rings is 1. The number of halogens is 1. The van der Waals surface area contributed by atoms with E-state index in [0.29, 0.717) is 0 Å². The number of carbonyl (C=O) groups excluding carboxylic acids is 1. The monoisotopic (exact) mass is 256 g/mol. The predicted molar refractivity (Wildman–Crippen MR) is 59.7 cm³/mol. The quantitative estimate of drug-likeness (QED) is 0.439. The highest BCUT2D eigenvalue weighted by Crippen LogP contribution is 2.32. The molecule has 1 aromatic rings. The molecule has 1 aliphatic rings. The second kappa shape index (κ2) is 4.71. The Hall–Kier alpha value is -0.670. The second-order valence-corrected chi connectivity index (χ2v) is 4.99. The van der Waals surface area contributed by atoms with Gasteiger partial charge in [-0.25, -0.2) is 0 Å². The lowest BCUT2D eigenvalue weighted by molar-refractivity contribution is 0.101. The minimum atomic E-state index is 0.0625. The normalized spacial score (nSPS) is 23.4. The van der Waals surface area contributed by atoms with Crippen molar-refractivity contribution in [3.63, 3.8) is 0 Å². The summed E-state index contributed by atoms with van der Waals surface area (Å²) in [6.45, 7) is 4.43. The first-order valence-corrected chi connectivity index (χ1v) is 5.19. The molecule has 3 heteroatoms. The molecule has 1 atom stereocenters. The van der Waals surface area contributed by atoms with E-state index in [1.807, 2.05) is 37.3 Å². The van der Waals surface area contributed by atoms with E-state index in [1.54, 1.807) is 6.92 Å². The molecule has 1 fully saturated rings. The number of hydrogen-bond donors (Lipinski definition) is 0. The summed E-state index contributed by atoms with van der Waals surface area (Å²) in [7, 11) is 0. The maximum absolute atomic E-state index is 10.6. The summed E-state index contributed by atoms with van der Waals surface area (Å²) < 4.78 is 4.88. The van der Waals surface area contributed by atoms with Crippen LogP contribution in [-0.2, 0) is 4.74 Å². The van der Waals surface area contributed by atoms with Crippen molar-refractivity contribution in [2.24, 2.45) is 0 Å². The number of hydrogen-bond acceptors (Lipinski definition) is 2. The van der Waals surface area contributed by atoms with Crippen molar-refractivity contribution in [3.05, 3.63) is 35.9 Å². The Morgan fingerprint density at radius 3 is 2.07 bits per heavy atom. The minimum absolute atomic E-state index is 0.0625. The van der Waals surface area contributed by atoms with Crippen molar-refractivity contribution in [3.8, 4) is 0 Å². The Morgan fingerprint density at radius 1 is 1.43 bits per heavy atom. The molecule has 1 heterocycles. The number of ketones is 1. The van der Waals surface area contributed by atoms with Gasteiger partial charge in [0, 0.05) is 5.56 Å². The lowest BCUT2D eigenvalue weighted by atomic mass is 10.2. The molecule has 1 unspecified atom stereocenters. The van der Waals surface area contributed by atoms with E-state index in [2.05, 4.69) is 15.9 Å². The molecule has 0 bridgehead atoms. The molecule has 0 radical (unpaired) electrons. The van der Waals surface area contributed by atoms with Gasteiger partial charge in [-0.15, -0.1) is 0 Å². The van der Waals surface area contributed by atoms with Gasteiger partial charge in [0.15, 0.2) is 5.78 Å². The summed E-state index contributed by atoms with van der Waals surface area (Å²) in [5, 5.41) is 0. The molecule has 1 aromatic carbocycles. The van der Waals surface area contributed by atoms with Crippen LogP contribution >= 0.6 is 15.9 Å². The molecule has 0 amide bonds. The Kier molecular flexibility index (Phi) is 3.84. The van der Waals surface area contributed by atoms with Crippen LogP contribution < -0.4 is 0 Å². The van der Waals surface area contributed by atoms with Crippen LogP contribution in [0.25, 0.3) is 0 Å². The van der Waals surface area contributed by atoms with Gasteiger partial charge in [-0.3, -0.25) is 4.79 Å². The van der Waals surface area contributed by atoms with Crippen LogP contribution in [-0.4, -0.2) is 16.9 Å². The average Bonchev–Trinajstić information content (AvgIpc) is 2.84. The molecular weight excluding hydrogens is 244 g/mol. The van der Waals surface area contributed by atoms with Crippen LogP contribution in [0.15, 0.2) is 30.3 Å². The van der Waals surface area contributed by atoms with E-state index < -0.39 is 0 Å². The average molecular weight is 257 g/mol. The Balaban J connectivity index is 0.000000165. The molecule has 1 aliphatic heterocycles. The first-order chi connectivity index (χ1) is 6.51. The summed E-state index contributed by atoms with van der Waals surface area (Å²) in [4.78, 5) is 10.6. The van der Waals surface area contributed by atoms with Crippen molar-refractivity contribution >= 4 is 21.7 Å². The van der Waals surface area contributed by atoms with E-state index in [-0.39, 0.29) is 10.3 Å². The largest absolute Gasteiger partial charge is 0.358 e. The molecule has 14 heavy (non-hydrogen) atoms. The zero-order valence-electron chi connectivity index (χ0n) is 8.29. The lowest BCUT2D eigenvalue weighted by Gasteiger charge is -1.89. The van der Waals surface area contributed by atoms with E-state index in [9.17, 15) is 4.79 Å². The molecule has 0 spiro atoms. The number of ether oxygens (including phenoxy) is 1. The van der Waals surface area contributed by atoms with E-state index in [4.69, 9.17) is 4.74 Å². The molecule has 0 N–H and O–H groups in total. The zero-order chi connectivity index (χ0) is 10.6. The van der Waals surface area contributed by atoms with E-state index in [1.165, 1.54) is 0 Å². The summed E-state index contributed by atoms with van der Waals surface area (Å²) in [5.74, 6) is 0.121. The third-order valence-corrected chi connectivity index (χ3v) is 2.18. The van der Waals surface area contributed by atoms with Crippen LogP contribution in [0.5, 0.6) is 0 Å². The smallest absolute Gasteiger partial charge is 0.159 e. The van der Waals surface area contributed by atoms with Crippen LogP contribution in [0.1, 0.15) is 24.2 Å². The van der Waals surface area contributed by atoms with Crippen molar-refractivity contribution in [2.45, 2.75) is 18.4 Å². The molecule has 1 saturated heterocycles. The maximum Gasteiger partial charge on any atom is 0.159 e. The minimum Gasteiger partial charge on any atom is -0.358 e. The van der Waals surface area contributed by atoms with Crippen LogP contribution in [0.3, 0.4) is 0 Å². The zero-order valence-corrected chi connectivity index (χ0v) is 9.87. The molecule has 0 aromatic heterocycles. The van der Waals surface area contributed by atoms with Crippen LogP contribution in [0.4, 0.5) is 0 Å². The van der Waals surface area contributed by atoms with Gasteiger partial charge in [-0.2, -0.15) is 0 Å². The highest BCUT2D eigenvalue weighted by Gasteiger charge is 2.35. The van der Waals surface area contributed by atoms with Gasteiger partial charge in [-0.1, -0.05) is 46.3 Å². The third kappa shape index (κ3) is 4.53. The molecule has 0 saturated carbocycles. The number of rotatable bonds is 1. The first kappa shape index (κ1) is 11.4. The van der Waals surface area contributed by atoms with Crippen molar-refractivity contribution < 1.29 is 9.53 Å². The van der Waals surface area contributed by atoms with Crippen molar-refractivity contribution in [1.29, 1.82) is 0 Å². The molecule has 0 aliphatic carbocycles. The number of benzene rings is 1. The number of Topliss-reactive ketones (excluding diaryl/α,β-unsaturated/α-hetero) is 1. The molecule has 2 rings (SSSR count). The number of carbonyl (C=O) groups is 1. The van der Waals surface area contributed by atoms with Gasteiger partial charge in [0.1, 0.15) is 4.51 Å². The molecule has 76 valence electrons. The van der Waals surface area contributed by atoms with Crippen LogP contribution in [0, 0.1) is 0 Å².